The highest BCUT2D eigenvalue weighted by molar-refractivity contribution is 7.22. The number of thiazole rings is 1. The number of nitrogens with one attached hydrogen (secondary N) is 1. The molecule has 0 fully saturated rings. The van der Waals surface area contributed by atoms with Gasteiger partial charge in [0, 0.05) is 6.54 Å². The minimum atomic E-state index is 0.516. The molecule has 4 heteroatoms. The van der Waals surface area contributed by atoms with Crippen LogP contribution in [0.5, 0.6) is 5.75 Å². The monoisotopic (exact) mass is 292 g/mol. The molecule has 0 aliphatic rings. The van der Waals surface area contributed by atoms with Crippen LogP contribution in [0.15, 0.2) is 6.07 Å². The zero-order valence-electron chi connectivity index (χ0n) is 13.0. The molecule has 20 heavy (non-hydrogen) atoms. The van der Waals surface area contributed by atoms with E-state index < -0.39 is 0 Å². The van der Waals surface area contributed by atoms with Crippen molar-refractivity contribution < 1.29 is 4.74 Å². The van der Waals surface area contributed by atoms with Gasteiger partial charge in [-0.25, -0.2) is 4.98 Å². The maximum absolute atomic E-state index is 6.00. The third kappa shape index (κ3) is 3.23. The lowest BCUT2D eigenvalue weighted by Gasteiger charge is -2.12. The molecule has 1 aromatic carbocycles. The number of aryl methyl sites for hydroxylation is 2. The number of fused-ring (bicyclic) bond motifs is 1. The van der Waals surface area contributed by atoms with Crippen LogP contribution in [0.25, 0.3) is 10.2 Å². The van der Waals surface area contributed by atoms with Crippen molar-refractivity contribution in [1.82, 2.24) is 4.98 Å². The second-order valence-electron chi connectivity index (χ2n) is 5.67. The van der Waals surface area contributed by atoms with Crippen molar-refractivity contribution in [3.63, 3.8) is 0 Å². The third-order valence-electron chi connectivity index (χ3n) is 3.08. The van der Waals surface area contributed by atoms with Gasteiger partial charge in [0.05, 0.1) is 11.3 Å². The maximum Gasteiger partial charge on any atom is 0.183 e. The van der Waals surface area contributed by atoms with Gasteiger partial charge < -0.3 is 10.1 Å². The topological polar surface area (TPSA) is 34.2 Å². The van der Waals surface area contributed by atoms with E-state index in [0.29, 0.717) is 5.92 Å². The number of hydrogen-bond donors (Lipinski definition) is 1. The molecule has 0 aliphatic heterocycles. The summed E-state index contributed by atoms with van der Waals surface area (Å²) < 4.78 is 7.23. The van der Waals surface area contributed by atoms with E-state index in [1.807, 2.05) is 0 Å². The van der Waals surface area contributed by atoms with E-state index in [1.54, 1.807) is 11.3 Å². The van der Waals surface area contributed by atoms with E-state index in [0.717, 1.165) is 36.0 Å². The summed E-state index contributed by atoms with van der Waals surface area (Å²) in [6.07, 6.45) is 1.10. The van der Waals surface area contributed by atoms with Gasteiger partial charge in [-0.15, -0.1) is 0 Å². The summed E-state index contributed by atoms with van der Waals surface area (Å²) >= 11 is 1.72. The Labute approximate surface area is 125 Å². The first-order chi connectivity index (χ1) is 9.52. The smallest absolute Gasteiger partial charge is 0.183 e. The maximum atomic E-state index is 6.00. The van der Waals surface area contributed by atoms with E-state index >= 15 is 0 Å². The first-order valence-corrected chi connectivity index (χ1v) is 8.12. The SMILES string of the molecule is CCCNc1nc2c(OCC(C)C)c(C)cc(C)c2s1. The van der Waals surface area contributed by atoms with Gasteiger partial charge in [0.25, 0.3) is 0 Å². The summed E-state index contributed by atoms with van der Waals surface area (Å²) in [6, 6.07) is 2.19. The van der Waals surface area contributed by atoms with Gasteiger partial charge in [-0.1, -0.05) is 38.2 Å². The van der Waals surface area contributed by atoms with Crippen LogP contribution in [-0.2, 0) is 0 Å². The van der Waals surface area contributed by atoms with Crippen LogP contribution >= 0.6 is 11.3 Å². The van der Waals surface area contributed by atoms with Crippen molar-refractivity contribution in [2.24, 2.45) is 5.92 Å². The van der Waals surface area contributed by atoms with E-state index in [9.17, 15) is 0 Å². The number of anilines is 1. The number of aromatic nitrogens is 1. The Balaban J connectivity index is 2.41. The second kappa shape index (κ2) is 6.44. The molecule has 0 amide bonds. The van der Waals surface area contributed by atoms with Crippen LogP contribution in [0.4, 0.5) is 5.13 Å². The minimum Gasteiger partial charge on any atom is -0.491 e. The molecule has 1 aromatic heterocycles. The number of hydrogen-bond acceptors (Lipinski definition) is 4. The Hall–Kier alpha value is -1.29. The minimum absolute atomic E-state index is 0.516. The molecule has 3 nitrogen and oxygen atoms in total. The highest BCUT2D eigenvalue weighted by atomic mass is 32.1. The Morgan fingerprint density at radius 2 is 2.05 bits per heavy atom. The van der Waals surface area contributed by atoms with Crippen molar-refractivity contribution in [3.05, 3.63) is 17.2 Å². The molecular weight excluding hydrogens is 268 g/mol. The van der Waals surface area contributed by atoms with Gasteiger partial charge in [-0.2, -0.15) is 0 Å². The zero-order valence-corrected chi connectivity index (χ0v) is 13.9. The Bertz CT molecular complexity index is 590. The van der Waals surface area contributed by atoms with Crippen LogP contribution in [0.2, 0.25) is 0 Å². The number of ether oxygens (including phenoxy) is 1. The molecule has 0 unspecified atom stereocenters. The molecule has 0 saturated heterocycles. The number of nitrogens with zero attached hydrogens (tertiary/aromatic N) is 1. The van der Waals surface area contributed by atoms with Crippen LogP contribution in [0.1, 0.15) is 38.3 Å². The third-order valence-corrected chi connectivity index (χ3v) is 4.23. The quantitative estimate of drug-likeness (QED) is 0.832. The molecule has 0 bridgehead atoms. The Morgan fingerprint density at radius 3 is 2.70 bits per heavy atom. The molecule has 0 aliphatic carbocycles. The van der Waals surface area contributed by atoms with Gasteiger partial charge in [0.15, 0.2) is 5.13 Å². The van der Waals surface area contributed by atoms with Crippen LogP contribution in [-0.4, -0.2) is 18.1 Å². The van der Waals surface area contributed by atoms with E-state index in [4.69, 9.17) is 9.72 Å². The Morgan fingerprint density at radius 1 is 1.30 bits per heavy atom. The van der Waals surface area contributed by atoms with E-state index in [2.05, 4.69) is 46.0 Å². The molecule has 1 N–H and O–H groups in total. The summed E-state index contributed by atoms with van der Waals surface area (Å²) in [5.74, 6) is 1.46. The first-order valence-electron chi connectivity index (χ1n) is 7.30. The summed E-state index contributed by atoms with van der Waals surface area (Å²) in [4.78, 5) is 4.73. The molecule has 0 spiro atoms. The lowest BCUT2D eigenvalue weighted by molar-refractivity contribution is 0.272. The van der Waals surface area contributed by atoms with Gasteiger partial charge in [0.1, 0.15) is 11.3 Å². The molecule has 2 rings (SSSR count). The average molecular weight is 292 g/mol. The molecule has 2 aromatic rings. The van der Waals surface area contributed by atoms with Gasteiger partial charge in [-0.05, 0) is 37.3 Å². The van der Waals surface area contributed by atoms with Gasteiger partial charge in [-0.3, -0.25) is 0 Å². The van der Waals surface area contributed by atoms with Gasteiger partial charge in [0.2, 0.25) is 0 Å². The van der Waals surface area contributed by atoms with Crippen LogP contribution in [0, 0.1) is 19.8 Å². The fraction of sp³-hybridized carbons (Fsp3) is 0.562. The number of rotatable bonds is 6. The van der Waals surface area contributed by atoms with Crippen molar-refractivity contribution in [3.8, 4) is 5.75 Å². The van der Waals surface area contributed by atoms with Crippen molar-refractivity contribution in [2.45, 2.75) is 41.0 Å². The van der Waals surface area contributed by atoms with E-state index in [1.165, 1.54) is 15.8 Å². The normalized spacial score (nSPS) is 11.3. The predicted molar refractivity (Wildman–Crippen MR) is 88.2 cm³/mol. The summed E-state index contributed by atoms with van der Waals surface area (Å²) in [7, 11) is 0. The van der Waals surface area contributed by atoms with Crippen LogP contribution in [0.3, 0.4) is 0 Å². The van der Waals surface area contributed by atoms with Crippen molar-refractivity contribution >= 4 is 26.7 Å². The fourth-order valence-corrected chi connectivity index (χ4v) is 3.08. The molecule has 1 heterocycles. The Kier molecular flexibility index (Phi) is 4.86. The first kappa shape index (κ1) is 15.1. The highest BCUT2D eigenvalue weighted by Gasteiger charge is 2.15. The molecule has 110 valence electrons. The molecule has 0 saturated carbocycles. The zero-order chi connectivity index (χ0) is 14.7. The van der Waals surface area contributed by atoms with Crippen molar-refractivity contribution in [1.29, 1.82) is 0 Å². The second-order valence-corrected chi connectivity index (χ2v) is 6.67. The summed E-state index contributed by atoms with van der Waals surface area (Å²) in [6.45, 7) is 12.4. The average Bonchev–Trinajstić information content (AvgIpc) is 2.80. The van der Waals surface area contributed by atoms with Crippen LogP contribution < -0.4 is 10.1 Å². The lowest BCUT2D eigenvalue weighted by Crippen LogP contribution is -2.06. The standard InChI is InChI=1S/C16H24N2OS/c1-6-7-17-16-18-13-14(19-9-10(2)3)11(4)8-12(5)15(13)20-16/h8,10H,6-7,9H2,1-5H3,(H,17,18). The molecule has 0 radical (unpaired) electrons. The highest BCUT2D eigenvalue weighted by Crippen LogP contribution is 2.37. The fourth-order valence-electron chi connectivity index (χ4n) is 2.12. The lowest BCUT2D eigenvalue weighted by atomic mass is 10.1. The number of benzene rings is 1. The molecule has 0 atom stereocenters. The van der Waals surface area contributed by atoms with E-state index in [-0.39, 0.29) is 0 Å². The predicted octanol–water partition coefficient (Wildman–Crippen LogP) is 4.77. The largest absolute Gasteiger partial charge is 0.491 e. The summed E-state index contributed by atoms with van der Waals surface area (Å²) in [5.41, 5.74) is 3.45. The summed E-state index contributed by atoms with van der Waals surface area (Å²) in [5, 5.41) is 4.37. The van der Waals surface area contributed by atoms with Gasteiger partial charge >= 0.3 is 0 Å². The molecular formula is C16H24N2OS. The van der Waals surface area contributed by atoms with Crippen molar-refractivity contribution in [2.75, 3.05) is 18.5 Å².